The van der Waals surface area contributed by atoms with Gasteiger partial charge in [0.25, 0.3) is 0 Å². The molecule has 3 N–H and O–H groups in total. The molecule has 0 spiro atoms. The molecule has 2 atom stereocenters. The first-order valence-electron chi connectivity index (χ1n) is 6.21. The number of rotatable bonds is 5. The molecule has 1 aromatic carbocycles. The van der Waals surface area contributed by atoms with E-state index in [0.29, 0.717) is 12.3 Å². The van der Waals surface area contributed by atoms with Crippen molar-refractivity contribution in [3.63, 3.8) is 0 Å². The van der Waals surface area contributed by atoms with Crippen molar-refractivity contribution in [2.75, 3.05) is 0 Å². The summed E-state index contributed by atoms with van der Waals surface area (Å²) >= 11 is 3.42. The van der Waals surface area contributed by atoms with Gasteiger partial charge in [-0.1, -0.05) is 41.9 Å². The van der Waals surface area contributed by atoms with Crippen LogP contribution in [0.15, 0.2) is 28.7 Å². The lowest BCUT2D eigenvalue weighted by molar-refractivity contribution is -0.123. The molecule has 4 heteroatoms. The van der Waals surface area contributed by atoms with Gasteiger partial charge in [0.1, 0.15) is 0 Å². The molecule has 0 saturated carbocycles. The Balaban J connectivity index is 2.59. The summed E-state index contributed by atoms with van der Waals surface area (Å²) in [5, 5.41) is 2.94. The monoisotopic (exact) mass is 312 g/mol. The average Bonchev–Trinajstić information content (AvgIpc) is 2.27. The highest BCUT2D eigenvalue weighted by Gasteiger charge is 2.17. The zero-order valence-corrected chi connectivity index (χ0v) is 12.7. The average molecular weight is 313 g/mol. The van der Waals surface area contributed by atoms with Crippen molar-refractivity contribution in [1.82, 2.24) is 5.32 Å². The highest BCUT2D eigenvalue weighted by Crippen LogP contribution is 2.18. The molecule has 0 aliphatic carbocycles. The topological polar surface area (TPSA) is 55.1 Å². The third-order valence-electron chi connectivity index (χ3n) is 2.77. The second-order valence-electron chi connectivity index (χ2n) is 5.02. The maximum absolute atomic E-state index is 11.9. The quantitative estimate of drug-likeness (QED) is 0.878. The fourth-order valence-electron chi connectivity index (χ4n) is 1.79. The Labute approximate surface area is 117 Å². The maximum Gasteiger partial charge on any atom is 0.237 e. The van der Waals surface area contributed by atoms with Crippen molar-refractivity contribution in [3.8, 4) is 0 Å². The Morgan fingerprint density at radius 1 is 1.39 bits per heavy atom. The highest BCUT2D eigenvalue weighted by atomic mass is 79.9. The van der Waals surface area contributed by atoms with Gasteiger partial charge in [0.2, 0.25) is 5.91 Å². The first kappa shape index (κ1) is 15.2. The van der Waals surface area contributed by atoms with Crippen molar-refractivity contribution >= 4 is 21.8 Å². The van der Waals surface area contributed by atoms with E-state index >= 15 is 0 Å². The van der Waals surface area contributed by atoms with Crippen molar-refractivity contribution in [2.45, 2.75) is 39.3 Å². The lowest BCUT2D eigenvalue weighted by atomic mass is 10.0. The third-order valence-corrected chi connectivity index (χ3v) is 3.26. The minimum absolute atomic E-state index is 0.0341. The molecular weight excluding hydrogens is 292 g/mol. The Morgan fingerprint density at radius 2 is 2.06 bits per heavy atom. The highest BCUT2D eigenvalue weighted by molar-refractivity contribution is 9.10. The van der Waals surface area contributed by atoms with Gasteiger partial charge in [-0.25, -0.2) is 0 Å². The third kappa shape index (κ3) is 4.78. The molecule has 0 fully saturated rings. The van der Waals surface area contributed by atoms with E-state index in [9.17, 15) is 4.79 Å². The Hall–Kier alpha value is -0.870. The molecule has 18 heavy (non-hydrogen) atoms. The molecule has 0 radical (unpaired) electrons. The summed E-state index contributed by atoms with van der Waals surface area (Å²) in [4.78, 5) is 11.9. The van der Waals surface area contributed by atoms with Crippen LogP contribution in [0.2, 0.25) is 0 Å². The minimum Gasteiger partial charge on any atom is -0.348 e. The first-order chi connectivity index (χ1) is 8.40. The number of halogens is 1. The van der Waals surface area contributed by atoms with Crippen LogP contribution in [-0.2, 0) is 4.79 Å². The van der Waals surface area contributed by atoms with Gasteiger partial charge in [-0.15, -0.1) is 0 Å². The molecule has 1 unspecified atom stereocenters. The van der Waals surface area contributed by atoms with Gasteiger partial charge < -0.3 is 11.1 Å². The van der Waals surface area contributed by atoms with E-state index in [1.165, 1.54) is 0 Å². The number of benzene rings is 1. The zero-order valence-electron chi connectivity index (χ0n) is 11.1. The molecule has 0 aromatic heterocycles. The molecule has 0 bridgehead atoms. The second kappa shape index (κ2) is 6.90. The summed E-state index contributed by atoms with van der Waals surface area (Å²) in [7, 11) is 0. The molecule has 1 aromatic rings. The van der Waals surface area contributed by atoms with Gasteiger partial charge in [0.15, 0.2) is 0 Å². The lowest BCUT2D eigenvalue weighted by Crippen LogP contribution is -2.42. The number of hydrogen-bond donors (Lipinski definition) is 2. The predicted molar refractivity (Wildman–Crippen MR) is 78.1 cm³/mol. The molecular formula is C14H21BrN2O. The van der Waals surface area contributed by atoms with Gasteiger partial charge in [0, 0.05) is 4.47 Å². The minimum atomic E-state index is -0.431. The lowest BCUT2D eigenvalue weighted by Gasteiger charge is -2.19. The van der Waals surface area contributed by atoms with Gasteiger partial charge in [-0.05, 0) is 37.0 Å². The number of nitrogens with one attached hydrogen (secondary N) is 1. The molecule has 0 aliphatic rings. The Kier molecular flexibility index (Phi) is 5.82. The van der Waals surface area contributed by atoms with Gasteiger partial charge in [-0.3, -0.25) is 4.79 Å². The zero-order chi connectivity index (χ0) is 13.7. The number of amides is 1. The van der Waals surface area contributed by atoms with Gasteiger partial charge >= 0.3 is 0 Å². The van der Waals surface area contributed by atoms with Crippen LogP contribution in [0.3, 0.4) is 0 Å². The van der Waals surface area contributed by atoms with E-state index in [0.717, 1.165) is 10.0 Å². The molecule has 3 nitrogen and oxygen atoms in total. The van der Waals surface area contributed by atoms with E-state index in [-0.39, 0.29) is 11.9 Å². The van der Waals surface area contributed by atoms with Crippen LogP contribution in [-0.4, -0.2) is 11.9 Å². The number of carbonyl (C=O) groups is 1. The largest absolute Gasteiger partial charge is 0.348 e. The molecule has 0 saturated heterocycles. The fourth-order valence-corrected chi connectivity index (χ4v) is 2.21. The SMILES string of the molecule is CC(C)CC(N)C(=O)N[C@@H](C)c1cccc(Br)c1. The molecule has 0 heterocycles. The normalized spacial score (nSPS) is 14.3. The van der Waals surface area contributed by atoms with Crippen molar-refractivity contribution in [3.05, 3.63) is 34.3 Å². The molecule has 100 valence electrons. The predicted octanol–water partition coefficient (Wildman–Crippen LogP) is 3.00. The van der Waals surface area contributed by atoms with E-state index in [4.69, 9.17) is 5.73 Å². The maximum atomic E-state index is 11.9. The second-order valence-corrected chi connectivity index (χ2v) is 5.94. The summed E-state index contributed by atoms with van der Waals surface area (Å²) in [5.74, 6) is 0.336. The molecule has 1 rings (SSSR count). The van der Waals surface area contributed by atoms with Crippen LogP contribution in [0, 0.1) is 5.92 Å². The van der Waals surface area contributed by atoms with E-state index < -0.39 is 6.04 Å². The van der Waals surface area contributed by atoms with Crippen LogP contribution in [0.5, 0.6) is 0 Å². The number of carbonyl (C=O) groups excluding carboxylic acids is 1. The summed E-state index contributed by atoms with van der Waals surface area (Å²) in [6, 6.07) is 7.44. The molecule has 0 aliphatic heterocycles. The summed E-state index contributed by atoms with van der Waals surface area (Å²) < 4.78 is 1.01. The standard InChI is InChI=1S/C14H21BrN2O/c1-9(2)7-13(16)14(18)17-10(3)11-5-4-6-12(15)8-11/h4-6,8-10,13H,7,16H2,1-3H3,(H,17,18)/t10-,13?/m0/s1. The van der Waals surface area contributed by atoms with Gasteiger partial charge in [0.05, 0.1) is 12.1 Å². The van der Waals surface area contributed by atoms with Crippen molar-refractivity contribution in [1.29, 1.82) is 0 Å². The Bertz CT molecular complexity index is 407. The van der Waals surface area contributed by atoms with Crippen molar-refractivity contribution in [2.24, 2.45) is 11.7 Å². The first-order valence-corrected chi connectivity index (χ1v) is 7.01. The van der Waals surface area contributed by atoms with Crippen molar-refractivity contribution < 1.29 is 4.79 Å². The summed E-state index contributed by atoms with van der Waals surface area (Å²) in [5.41, 5.74) is 6.92. The smallest absolute Gasteiger partial charge is 0.237 e. The fraction of sp³-hybridized carbons (Fsp3) is 0.500. The van der Waals surface area contributed by atoms with E-state index in [1.54, 1.807) is 0 Å². The van der Waals surface area contributed by atoms with Crippen LogP contribution < -0.4 is 11.1 Å². The van der Waals surface area contributed by atoms with E-state index in [2.05, 4.69) is 35.1 Å². The van der Waals surface area contributed by atoms with Crippen LogP contribution >= 0.6 is 15.9 Å². The van der Waals surface area contributed by atoms with Gasteiger partial charge in [-0.2, -0.15) is 0 Å². The number of nitrogens with two attached hydrogens (primary N) is 1. The Morgan fingerprint density at radius 3 is 2.61 bits per heavy atom. The van der Waals surface area contributed by atoms with Crippen LogP contribution in [0.1, 0.15) is 38.8 Å². The van der Waals surface area contributed by atoms with Crippen LogP contribution in [0.4, 0.5) is 0 Å². The van der Waals surface area contributed by atoms with Crippen LogP contribution in [0.25, 0.3) is 0 Å². The number of hydrogen-bond acceptors (Lipinski definition) is 2. The summed E-state index contributed by atoms with van der Waals surface area (Å²) in [6.45, 7) is 6.08. The molecule has 1 amide bonds. The van der Waals surface area contributed by atoms with E-state index in [1.807, 2.05) is 31.2 Å². The summed E-state index contributed by atoms with van der Waals surface area (Å²) in [6.07, 6.45) is 0.705.